The van der Waals surface area contributed by atoms with Crippen molar-refractivity contribution in [3.05, 3.63) is 0 Å². The molecule has 138 valence electrons. The normalized spacial score (nSPS) is 17.2. The van der Waals surface area contributed by atoms with E-state index < -0.39 is 0 Å². The molecule has 0 spiro atoms. The number of halogens is 1. The van der Waals surface area contributed by atoms with E-state index in [9.17, 15) is 0 Å². The summed E-state index contributed by atoms with van der Waals surface area (Å²) in [5, 5.41) is 7.05. The highest BCUT2D eigenvalue weighted by Gasteiger charge is 2.33. The second-order valence-electron chi connectivity index (χ2n) is 6.64. The van der Waals surface area contributed by atoms with Crippen LogP contribution in [0.15, 0.2) is 4.99 Å². The van der Waals surface area contributed by atoms with Gasteiger partial charge in [0.2, 0.25) is 0 Å². The molecule has 1 aliphatic carbocycles. The van der Waals surface area contributed by atoms with Crippen LogP contribution in [-0.2, 0) is 4.74 Å². The van der Waals surface area contributed by atoms with Crippen molar-refractivity contribution < 1.29 is 4.74 Å². The molecule has 23 heavy (non-hydrogen) atoms. The molecule has 1 rings (SSSR count). The smallest absolute Gasteiger partial charge is 0.191 e. The molecule has 0 bridgehead atoms. The molecular weight excluding hydrogens is 401 g/mol. The van der Waals surface area contributed by atoms with E-state index in [1.165, 1.54) is 38.5 Å². The minimum Gasteiger partial charge on any atom is -0.382 e. The Hall–Kier alpha value is -0.0400. The van der Waals surface area contributed by atoms with Gasteiger partial charge in [0, 0.05) is 33.4 Å². The van der Waals surface area contributed by atoms with Gasteiger partial charge in [-0.3, -0.25) is 4.99 Å². The lowest BCUT2D eigenvalue weighted by atomic mass is 9.83. The van der Waals surface area contributed by atoms with Crippen LogP contribution in [-0.4, -0.2) is 39.3 Å². The van der Waals surface area contributed by atoms with E-state index in [-0.39, 0.29) is 24.0 Å². The third-order valence-electron chi connectivity index (χ3n) is 5.21. The summed E-state index contributed by atoms with van der Waals surface area (Å²) in [5.74, 6) is 1.69. The summed E-state index contributed by atoms with van der Waals surface area (Å²) in [6.07, 6.45) is 8.95. The Morgan fingerprint density at radius 3 is 2.30 bits per heavy atom. The summed E-state index contributed by atoms with van der Waals surface area (Å²) in [6, 6.07) is 0. The molecule has 0 atom stereocenters. The number of nitrogens with one attached hydrogen (secondary N) is 2. The monoisotopic (exact) mass is 439 g/mol. The summed E-state index contributed by atoms with van der Waals surface area (Å²) >= 11 is 0. The fourth-order valence-corrected chi connectivity index (χ4v) is 3.38. The van der Waals surface area contributed by atoms with Gasteiger partial charge < -0.3 is 15.4 Å². The Labute approximate surface area is 160 Å². The first kappa shape index (κ1) is 23.0. The van der Waals surface area contributed by atoms with Gasteiger partial charge in [0.25, 0.3) is 0 Å². The predicted octanol–water partition coefficient (Wildman–Crippen LogP) is 4.19. The van der Waals surface area contributed by atoms with Crippen LogP contribution in [0.5, 0.6) is 0 Å². The largest absolute Gasteiger partial charge is 0.382 e. The van der Waals surface area contributed by atoms with Gasteiger partial charge in [0.15, 0.2) is 5.96 Å². The number of nitrogens with zero attached hydrogens (tertiary/aromatic N) is 1. The molecule has 0 radical (unpaired) electrons. The Kier molecular flexibility index (Phi) is 13.3. The summed E-state index contributed by atoms with van der Waals surface area (Å²) < 4.78 is 5.59. The van der Waals surface area contributed by atoms with Crippen LogP contribution >= 0.6 is 24.0 Å². The number of ether oxygens (including phenoxy) is 1. The van der Waals surface area contributed by atoms with Crippen LogP contribution < -0.4 is 10.6 Å². The molecule has 0 aromatic rings. The molecule has 5 heteroatoms. The van der Waals surface area contributed by atoms with Gasteiger partial charge in [-0.05, 0) is 37.5 Å². The van der Waals surface area contributed by atoms with Crippen molar-refractivity contribution in [1.82, 2.24) is 10.6 Å². The molecule has 1 saturated carbocycles. The van der Waals surface area contributed by atoms with Gasteiger partial charge in [-0.2, -0.15) is 0 Å². The molecule has 1 fully saturated rings. The molecule has 0 unspecified atom stereocenters. The van der Waals surface area contributed by atoms with E-state index in [4.69, 9.17) is 4.74 Å². The Morgan fingerprint density at radius 2 is 1.78 bits per heavy atom. The van der Waals surface area contributed by atoms with E-state index in [0.717, 1.165) is 44.6 Å². The van der Waals surface area contributed by atoms with Crippen molar-refractivity contribution in [3.8, 4) is 0 Å². The van der Waals surface area contributed by atoms with Crippen molar-refractivity contribution in [2.75, 3.05) is 33.4 Å². The molecule has 0 aromatic heterocycles. The average molecular weight is 439 g/mol. The molecule has 0 aliphatic heterocycles. The Morgan fingerprint density at radius 1 is 1.13 bits per heavy atom. The fourth-order valence-electron chi connectivity index (χ4n) is 3.38. The number of rotatable bonds is 10. The summed E-state index contributed by atoms with van der Waals surface area (Å²) in [6.45, 7) is 10.3. The van der Waals surface area contributed by atoms with E-state index in [2.05, 4.69) is 36.4 Å². The number of aliphatic imine (C=N–C) groups is 1. The minimum absolute atomic E-state index is 0. The maximum atomic E-state index is 5.59. The van der Waals surface area contributed by atoms with Crippen molar-refractivity contribution in [2.45, 2.75) is 65.7 Å². The van der Waals surface area contributed by atoms with Crippen molar-refractivity contribution in [2.24, 2.45) is 16.3 Å². The zero-order chi connectivity index (χ0) is 16.3. The van der Waals surface area contributed by atoms with Crippen LogP contribution in [0.3, 0.4) is 0 Å². The zero-order valence-corrected chi connectivity index (χ0v) is 17.9. The first-order valence-electron chi connectivity index (χ1n) is 9.22. The van der Waals surface area contributed by atoms with Crippen LogP contribution in [0.1, 0.15) is 65.7 Å². The zero-order valence-electron chi connectivity index (χ0n) is 15.6. The van der Waals surface area contributed by atoms with Crippen molar-refractivity contribution >= 4 is 29.9 Å². The third kappa shape index (κ3) is 8.57. The highest BCUT2D eigenvalue weighted by molar-refractivity contribution is 14.0. The molecular formula is C18H38IN3O. The third-order valence-corrected chi connectivity index (χ3v) is 5.21. The van der Waals surface area contributed by atoms with E-state index in [1.807, 2.05) is 7.05 Å². The van der Waals surface area contributed by atoms with Gasteiger partial charge in [0.05, 0.1) is 0 Å². The molecule has 4 nitrogen and oxygen atoms in total. The minimum atomic E-state index is 0. The first-order chi connectivity index (χ1) is 10.7. The van der Waals surface area contributed by atoms with Crippen LogP contribution in [0, 0.1) is 11.3 Å². The van der Waals surface area contributed by atoms with E-state index >= 15 is 0 Å². The van der Waals surface area contributed by atoms with Crippen molar-refractivity contribution in [1.29, 1.82) is 0 Å². The molecule has 0 amide bonds. The molecule has 0 aromatic carbocycles. The van der Waals surface area contributed by atoms with Crippen LogP contribution in [0.2, 0.25) is 0 Å². The number of guanidine groups is 1. The average Bonchev–Trinajstić information content (AvgIpc) is 3.00. The van der Waals surface area contributed by atoms with Gasteiger partial charge in [-0.25, -0.2) is 0 Å². The van der Waals surface area contributed by atoms with Gasteiger partial charge in [0.1, 0.15) is 0 Å². The van der Waals surface area contributed by atoms with Gasteiger partial charge in [-0.15, -0.1) is 24.0 Å². The Balaban J connectivity index is 0.00000484. The number of hydrogen-bond acceptors (Lipinski definition) is 2. The summed E-state index contributed by atoms with van der Waals surface area (Å²) in [5.41, 5.74) is 0.404. The molecule has 0 saturated heterocycles. The highest BCUT2D eigenvalue weighted by atomic mass is 127. The lowest BCUT2D eigenvalue weighted by molar-refractivity contribution is 0.105. The lowest BCUT2D eigenvalue weighted by Crippen LogP contribution is -2.44. The van der Waals surface area contributed by atoms with Gasteiger partial charge in [-0.1, -0.05) is 39.5 Å². The molecule has 2 N–H and O–H groups in total. The van der Waals surface area contributed by atoms with E-state index in [0.29, 0.717) is 5.41 Å². The highest BCUT2D eigenvalue weighted by Crippen LogP contribution is 2.40. The second kappa shape index (κ2) is 13.3. The standard InChI is InChI=1S/C18H37N3O.HI/c1-5-16(6-2)14-20-17(19-4)21-15-18(10-8-9-11-18)12-13-22-7-3;/h16H,5-15H2,1-4H3,(H2,19,20,21);1H. The van der Waals surface area contributed by atoms with Crippen LogP contribution in [0.25, 0.3) is 0 Å². The fraction of sp³-hybridized carbons (Fsp3) is 0.944. The van der Waals surface area contributed by atoms with Crippen LogP contribution in [0.4, 0.5) is 0 Å². The summed E-state index contributed by atoms with van der Waals surface area (Å²) in [7, 11) is 1.86. The predicted molar refractivity (Wildman–Crippen MR) is 111 cm³/mol. The maximum absolute atomic E-state index is 5.59. The lowest BCUT2D eigenvalue weighted by Gasteiger charge is -2.30. The van der Waals surface area contributed by atoms with Gasteiger partial charge >= 0.3 is 0 Å². The van der Waals surface area contributed by atoms with E-state index in [1.54, 1.807) is 0 Å². The second-order valence-corrected chi connectivity index (χ2v) is 6.64. The maximum Gasteiger partial charge on any atom is 0.191 e. The topological polar surface area (TPSA) is 45.6 Å². The quantitative estimate of drug-likeness (QED) is 0.232. The Bertz CT molecular complexity index is 313. The first-order valence-corrected chi connectivity index (χ1v) is 9.22. The molecule has 0 heterocycles. The number of hydrogen-bond donors (Lipinski definition) is 2. The van der Waals surface area contributed by atoms with Crippen molar-refractivity contribution in [3.63, 3.8) is 0 Å². The summed E-state index contributed by atoms with van der Waals surface area (Å²) in [4.78, 5) is 4.38. The molecule has 1 aliphatic rings. The SMILES string of the molecule is CCOCCC1(CNC(=NC)NCC(CC)CC)CCCC1.I.